The maximum atomic E-state index is 13.1. The lowest BCUT2D eigenvalue weighted by Crippen LogP contribution is -2.26. The van der Waals surface area contributed by atoms with Crippen LogP contribution in [-0.2, 0) is 39.1 Å². The molecule has 0 saturated carbocycles. The van der Waals surface area contributed by atoms with Gasteiger partial charge < -0.3 is 9.73 Å². The van der Waals surface area contributed by atoms with Crippen molar-refractivity contribution in [1.82, 2.24) is 4.31 Å². The molecule has 1 aliphatic heterocycles. The molecule has 0 atom stereocenters. The topological polar surface area (TPSA) is 109 Å². The number of amides is 2. The molecule has 3 aromatic rings. The van der Waals surface area contributed by atoms with Crippen LogP contribution in [0.25, 0.3) is 0 Å². The zero-order chi connectivity index (χ0) is 23.4. The summed E-state index contributed by atoms with van der Waals surface area (Å²) in [5.74, 6) is 0.128. The van der Waals surface area contributed by atoms with Crippen molar-refractivity contribution in [2.24, 2.45) is 0 Å². The van der Waals surface area contributed by atoms with Gasteiger partial charge in [-0.2, -0.15) is 4.31 Å². The van der Waals surface area contributed by atoms with Crippen LogP contribution in [0.1, 0.15) is 23.3 Å². The maximum absolute atomic E-state index is 13.1. The molecular weight excluding hydrogens is 442 g/mol. The summed E-state index contributed by atoms with van der Waals surface area (Å²) in [7, 11) is -3.81. The summed E-state index contributed by atoms with van der Waals surface area (Å²) in [6, 6.07) is 17.5. The number of carbonyl (C=O) groups is 2. The zero-order valence-electron chi connectivity index (χ0n) is 17.8. The molecule has 33 heavy (non-hydrogen) atoms. The SMILES string of the molecule is C=CC(=O)Nc1cc2c(o1)CN(S(=O)(=O)c1cccc(NC(=O)CCc3ccccc3)c1)C2. The predicted octanol–water partition coefficient (Wildman–Crippen LogP) is 3.68. The van der Waals surface area contributed by atoms with E-state index in [0.717, 1.165) is 11.6 Å². The van der Waals surface area contributed by atoms with Crippen LogP contribution in [0.3, 0.4) is 0 Å². The van der Waals surface area contributed by atoms with Crippen LogP contribution in [0.4, 0.5) is 11.6 Å². The van der Waals surface area contributed by atoms with E-state index in [4.69, 9.17) is 4.42 Å². The molecule has 0 unspecified atom stereocenters. The fraction of sp³-hybridized carbons (Fsp3) is 0.167. The van der Waals surface area contributed by atoms with Crippen molar-refractivity contribution in [3.63, 3.8) is 0 Å². The van der Waals surface area contributed by atoms with Crippen LogP contribution in [0.5, 0.6) is 0 Å². The van der Waals surface area contributed by atoms with Gasteiger partial charge >= 0.3 is 0 Å². The Morgan fingerprint density at radius 2 is 1.82 bits per heavy atom. The number of nitrogens with zero attached hydrogens (tertiary/aromatic N) is 1. The maximum Gasteiger partial charge on any atom is 0.250 e. The molecule has 0 bridgehead atoms. The van der Waals surface area contributed by atoms with E-state index in [9.17, 15) is 18.0 Å². The first-order chi connectivity index (χ1) is 15.8. The average molecular weight is 466 g/mol. The lowest BCUT2D eigenvalue weighted by Gasteiger charge is -2.16. The fourth-order valence-corrected chi connectivity index (χ4v) is 4.97. The van der Waals surface area contributed by atoms with Gasteiger partial charge in [0.25, 0.3) is 0 Å². The second-order valence-electron chi connectivity index (χ2n) is 7.59. The van der Waals surface area contributed by atoms with E-state index in [0.29, 0.717) is 23.4 Å². The first kappa shape index (κ1) is 22.5. The highest BCUT2D eigenvalue weighted by Gasteiger charge is 2.33. The van der Waals surface area contributed by atoms with Crippen LogP contribution < -0.4 is 10.6 Å². The Labute approximate surface area is 192 Å². The molecule has 2 heterocycles. The van der Waals surface area contributed by atoms with Crippen molar-refractivity contribution in [2.75, 3.05) is 10.6 Å². The molecule has 0 radical (unpaired) electrons. The number of nitrogens with one attached hydrogen (secondary N) is 2. The van der Waals surface area contributed by atoms with Gasteiger partial charge in [0.1, 0.15) is 5.76 Å². The summed E-state index contributed by atoms with van der Waals surface area (Å²) >= 11 is 0. The van der Waals surface area contributed by atoms with Gasteiger partial charge in [0.05, 0.1) is 11.4 Å². The Kier molecular flexibility index (Phi) is 6.43. The van der Waals surface area contributed by atoms with E-state index in [1.165, 1.54) is 16.4 Å². The summed E-state index contributed by atoms with van der Waals surface area (Å²) in [6.45, 7) is 3.55. The first-order valence-corrected chi connectivity index (χ1v) is 11.8. The zero-order valence-corrected chi connectivity index (χ0v) is 18.6. The monoisotopic (exact) mass is 465 g/mol. The summed E-state index contributed by atoms with van der Waals surface area (Å²) in [6.07, 6.45) is 2.01. The molecule has 2 amide bonds. The molecule has 1 aliphatic rings. The number of furan rings is 1. The van der Waals surface area contributed by atoms with Crippen LogP contribution in [-0.4, -0.2) is 24.5 Å². The quantitative estimate of drug-likeness (QED) is 0.494. The van der Waals surface area contributed by atoms with Crippen LogP contribution in [0.2, 0.25) is 0 Å². The van der Waals surface area contributed by atoms with Crippen molar-refractivity contribution in [3.05, 3.63) is 90.2 Å². The minimum atomic E-state index is -3.81. The van der Waals surface area contributed by atoms with Gasteiger partial charge in [0.15, 0.2) is 5.88 Å². The first-order valence-electron chi connectivity index (χ1n) is 10.3. The number of rotatable bonds is 8. The number of sulfonamides is 1. The van der Waals surface area contributed by atoms with Gasteiger partial charge in [-0.3, -0.25) is 14.9 Å². The largest absolute Gasteiger partial charge is 0.444 e. The summed E-state index contributed by atoms with van der Waals surface area (Å²) in [4.78, 5) is 23.8. The Morgan fingerprint density at radius 3 is 2.55 bits per heavy atom. The molecule has 170 valence electrons. The number of anilines is 2. The molecule has 0 spiro atoms. The molecule has 0 aliphatic carbocycles. The van der Waals surface area contributed by atoms with Gasteiger partial charge in [-0.1, -0.05) is 43.0 Å². The summed E-state index contributed by atoms with van der Waals surface area (Å²) < 4.78 is 33.1. The molecule has 4 rings (SSSR count). The minimum absolute atomic E-state index is 0.0509. The normalized spacial score (nSPS) is 13.3. The van der Waals surface area contributed by atoms with Gasteiger partial charge in [-0.05, 0) is 36.3 Å². The molecular formula is C24H23N3O5S. The second kappa shape index (κ2) is 9.43. The lowest BCUT2D eigenvalue weighted by molar-refractivity contribution is -0.116. The number of carbonyl (C=O) groups excluding carboxylic acids is 2. The number of hydrogen-bond donors (Lipinski definition) is 2. The predicted molar refractivity (Wildman–Crippen MR) is 124 cm³/mol. The van der Waals surface area contributed by atoms with Crippen molar-refractivity contribution in [2.45, 2.75) is 30.8 Å². The van der Waals surface area contributed by atoms with E-state index in [2.05, 4.69) is 17.2 Å². The number of fused-ring (bicyclic) bond motifs is 1. The number of aryl methyl sites for hydroxylation is 1. The molecule has 9 heteroatoms. The van der Waals surface area contributed by atoms with Crippen molar-refractivity contribution in [1.29, 1.82) is 0 Å². The molecule has 8 nitrogen and oxygen atoms in total. The van der Waals surface area contributed by atoms with Gasteiger partial charge in [-0.25, -0.2) is 8.42 Å². The standard InChI is InChI=1S/C24H23N3O5S/c1-2-22(28)26-24-13-18-15-27(16-21(18)32-24)33(30,31)20-10-6-9-19(14-20)25-23(29)12-11-17-7-4-3-5-8-17/h2-10,13-14H,1,11-12,15-16H2,(H,25,29)(H,26,28). The molecule has 0 saturated heterocycles. The van der Waals surface area contributed by atoms with Crippen LogP contribution in [0, 0.1) is 0 Å². The fourth-order valence-electron chi connectivity index (χ4n) is 3.55. The van der Waals surface area contributed by atoms with Crippen molar-refractivity contribution in [3.8, 4) is 0 Å². The third kappa shape index (κ3) is 5.21. The highest BCUT2D eigenvalue weighted by molar-refractivity contribution is 7.89. The van der Waals surface area contributed by atoms with Crippen molar-refractivity contribution < 1.29 is 22.4 Å². The van der Waals surface area contributed by atoms with E-state index in [1.54, 1.807) is 18.2 Å². The Bertz CT molecular complexity index is 1280. The smallest absolute Gasteiger partial charge is 0.250 e. The van der Waals surface area contributed by atoms with E-state index >= 15 is 0 Å². The van der Waals surface area contributed by atoms with Crippen molar-refractivity contribution >= 4 is 33.4 Å². The Hall–Kier alpha value is -3.69. The minimum Gasteiger partial charge on any atom is -0.444 e. The molecule has 0 fully saturated rings. The molecule has 2 aromatic carbocycles. The highest BCUT2D eigenvalue weighted by Crippen LogP contribution is 2.33. The van der Waals surface area contributed by atoms with E-state index < -0.39 is 15.9 Å². The van der Waals surface area contributed by atoms with Gasteiger partial charge in [0, 0.05) is 30.3 Å². The third-order valence-corrected chi connectivity index (χ3v) is 7.02. The average Bonchev–Trinajstić information content (AvgIpc) is 3.38. The van der Waals surface area contributed by atoms with Gasteiger partial charge in [-0.15, -0.1) is 0 Å². The van der Waals surface area contributed by atoms with E-state index in [-0.39, 0.29) is 36.2 Å². The Morgan fingerprint density at radius 1 is 1.03 bits per heavy atom. The lowest BCUT2D eigenvalue weighted by atomic mass is 10.1. The van der Waals surface area contributed by atoms with E-state index in [1.807, 2.05) is 30.3 Å². The highest BCUT2D eigenvalue weighted by atomic mass is 32.2. The molecule has 2 N–H and O–H groups in total. The second-order valence-corrected chi connectivity index (χ2v) is 9.53. The number of benzene rings is 2. The molecule has 1 aromatic heterocycles. The Balaban J connectivity index is 1.40. The summed E-state index contributed by atoms with van der Waals surface area (Å²) in [5, 5.41) is 5.29. The number of hydrogen-bond acceptors (Lipinski definition) is 5. The van der Waals surface area contributed by atoms with Crippen LogP contribution in [0.15, 0.2) is 82.6 Å². The van der Waals surface area contributed by atoms with Gasteiger partial charge in [0.2, 0.25) is 21.8 Å². The summed E-state index contributed by atoms with van der Waals surface area (Å²) in [5.41, 5.74) is 2.16. The van der Waals surface area contributed by atoms with Crippen LogP contribution >= 0.6 is 0 Å². The third-order valence-electron chi connectivity index (χ3n) is 5.23.